The Kier molecular flexibility index (Phi) is 3.98. The third-order valence-corrected chi connectivity index (χ3v) is 2.97. The van der Waals surface area contributed by atoms with Gasteiger partial charge in [-0.25, -0.2) is 0 Å². The lowest BCUT2D eigenvalue weighted by molar-refractivity contribution is -0.120. The van der Waals surface area contributed by atoms with E-state index in [0.29, 0.717) is 13.0 Å². The molecule has 0 unspecified atom stereocenters. The molecule has 2 heterocycles. The fourth-order valence-corrected chi connectivity index (χ4v) is 1.86. The summed E-state index contributed by atoms with van der Waals surface area (Å²) in [7, 11) is 0. The minimum Gasteiger partial charge on any atom is -0.349 e. The van der Waals surface area contributed by atoms with Gasteiger partial charge in [-0.1, -0.05) is 6.07 Å². The summed E-state index contributed by atoms with van der Waals surface area (Å²) in [6.45, 7) is 0.415. The quantitative estimate of drug-likeness (QED) is 0.863. The van der Waals surface area contributed by atoms with E-state index in [4.69, 9.17) is 0 Å². The minimum atomic E-state index is 0.0482. The second-order valence-corrected chi connectivity index (χ2v) is 4.55. The minimum absolute atomic E-state index is 0.0482. The molecule has 0 aliphatic heterocycles. The molecule has 2 aromatic rings. The number of hydrogen-bond acceptors (Lipinski definition) is 4. The highest BCUT2D eigenvalue weighted by molar-refractivity contribution is 7.98. The summed E-state index contributed by atoms with van der Waals surface area (Å²) in [6, 6.07) is 5.70. The molecule has 6 heteroatoms. The van der Waals surface area contributed by atoms with Crippen LogP contribution in [0.3, 0.4) is 0 Å². The Morgan fingerprint density at radius 3 is 3.18 bits per heavy atom. The van der Waals surface area contributed by atoms with Gasteiger partial charge in [0.15, 0.2) is 11.5 Å². The number of amides is 1. The van der Waals surface area contributed by atoms with Crippen LogP contribution in [-0.4, -0.2) is 32.5 Å². The molecule has 0 fully saturated rings. The van der Waals surface area contributed by atoms with Gasteiger partial charge in [0, 0.05) is 18.4 Å². The fourth-order valence-electron chi connectivity index (χ4n) is 1.47. The normalized spacial score (nSPS) is 10.6. The van der Waals surface area contributed by atoms with Crippen molar-refractivity contribution in [3.63, 3.8) is 0 Å². The molecule has 0 spiro atoms. The van der Waals surface area contributed by atoms with Crippen molar-refractivity contribution in [2.45, 2.75) is 13.0 Å². The molecule has 0 bridgehead atoms. The van der Waals surface area contributed by atoms with Crippen LogP contribution in [0.2, 0.25) is 0 Å². The summed E-state index contributed by atoms with van der Waals surface area (Å²) in [4.78, 5) is 11.5. The van der Waals surface area contributed by atoms with Crippen molar-refractivity contribution in [1.82, 2.24) is 19.9 Å². The summed E-state index contributed by atoms with van der Waals surface area (Å²) < 4.78 is 1.87. The first-order valence-corrected chi connectivity index (χ1v) is 6.75. The van der Waals surface area contributed by atoms with Gasteiger partial charge < -0.3 is 5.32 Å². The molecule has 2 aromatic heterocycles. The van der Waals surface area contributed by atoms with E-state index in [9.17, 15) is 4.79 Å². The molecular weight excluding hydrogens is 236 g/mol. The maximum absolute atomic E-state index is 11.5. The maximum Gasteiger partial charge on any atom is 0.221 e. The molecule has 0 aliphatic rings. The average molecular weight is 250 g/mol. The molecular formula is C11H14N4OS. The smallest absolute Gasteiger partial charge is 0.221 e. The zero-order valence-corrected chi connectivity index (χ0v) is 10.4. The molecule has 90 valence electrons. The number of nitrogens with zero attached hydrogens (tertiary/aromatic N) is 3. The lowest BCUT2D eigenvalue weighted by Crippen LogP contribution is -2.24. The van der Waals surface area contributed by atoms with Crippen LogP contribution < -0.4 is 5.32 Å². The Bertz CT molecular complexity index is 511. The third kappa shape index (κ3) is 2.97. The van der Waals surface area contributed by atoms with Crippen LogP contribution in [0.15, 0.2) is 24.4 Å². The van der Waals surface area contributed by atoms with Crippen LogP contribution in [0, 0.1) is 0 Å². The van der Waals surface area contributed by atoms with E-state index in [0.717, 1.165) is 17.2 Å². The number of pyridine rings is 1. The highest BCUT2D eigenvalue weighted by Crippen LogP contribution is 2.02. The van der Waals surface area contributed by atoms with Gasteiger partial charge in [-0.2, -0.15) is 11.8 Å². The number of hydrogen-bond donors (Lipinski definition) is 1. The van der Waals surface area contributed by atoms with Gasteiger partial charge in [-0.05, 0) is 18.4 Å². The summed E-state index contributed by atoms with van der Waals surface area (Å²) in [5.41, 5.74) is 0.792. The van der Waals surface area contributed by atoms with E-state index < -0.39 is 0 Å². The largest absolute Gasteiger partial charge is 0.349 e. The zero-order valence-electron chi connectivity index (χ0n) is 9.59. The lowest BCUT2D eigenvalue weighted by Gasteiger charge is -2.03. The molecule has 0 aromatic carbocycles. The van der Waals surface area contributed by atoms with E-state index >= 15 is 0 Å². The Balaban J connectivity index is 1.97. The van der Waals surface area contributed by atoms with Crippen molar-refractivity contribution < 1.29 is 4.79 Å². The molecule has 1 amide bonds. The van der Waals surface area contributed by atoms with Crippen LogP contribution >= 0.6 is 11.8 Å². The van der Waals surface area contributed by atoms with Crippen molar-refractivity contribution >= 4 is 23.3 Å². The number of nitrogens with one attached hydrogen (secondary N) is 1. The summed E-state index contributed by atoms with van der Waals surface area (Å²) in [6.07, 6.45) is 4.41. The van der Waals surface area contributed by atoms with Gasteiger partial charge in [0.25, 0.3) is 0 Å². The van der Waals surface area contributed by atoms with Gasteiger partial charge >= 0.3 is 0 Å². The topological polar surface area (TPSA) is 59.3 Å². The molecule has 5 nitrogen and oxygen atoms in total. The predicted octanol–water partition coefficient (Wildman–Crippen LogP) is 1.10. The Hall–Kier alpha value is -1.56. The van der Waals surface area contributed by atoms with E-state index in [1.54, 1.807) is 11.8 Å². The first-order chi connectivity index (χ1) is 8.31. The number of aromatic nitrogens is 3. The average Bonchev–Trinajstić information content (AvgIpc) is 2.77. The van der Waals surface area contributed by atoms with Crippen LogP contribution in [-0.2, 0) is 11.3 Å². The summed E-state index contributed by atoms with van der Waals surface area (Å²) >= 11 is 1.66. The number of carbonyl (C=O) groups excluding carboxylic acids is 1. The van der Waals surface area contributed by atoms with E-state index in [1.165, 1.54) is 0 Å². The fraction of sp³-hybridized carbons (Fsp3) is 0.364. The number of thioether (sulfide) groups is 1. The van der Waals surface area contributed by atoms with Gasteiger partial charge in [0.1, 0.15) is 0 Å². The SMILES string of the molecule is CSCCC(=O)NCc1nnc2ccccn12. The third-order valence-electron chi connectivity index (χ3n) is 2.36. The number of fused-ring (bicyclic) bond motifs is 1. The van der Waals surface area contributed by atoms with Crippen LogP contribution in [0.25, 0.3) is 5.65 Å². The molecule has 2 rings (SSSR count). The molecule has 0 atom stereocenters. The van der Waals surface area contributed by atoms with Crippen molar-refractivity contribution in [1.29, 1.82) is 0 Å². The van der Waals surface area contributed by atoms with Crippen molar-refractivity contribution in [3.05, 3.63) is 30.2 Å². The van der Waals surface area contributed by atoms with Crippen molar-refractivity contribution in [2.24, 2.45) is 0 Å². The van der Waals surface area contributed by atoms with Crippen LogP contribution in [0.4, 0.5) is 0 Å². The predicted molar refractivity (Wildman–Crippen MR) is 67.8 cm³/mol. The molecule has 17 heavy (non-hydrogen) atoms. The van der Waals surface area contributed by atoms with Crippen molar-refractivity contribution in [2.75, 3.05) is 12.0 Å². The molecule has 1 N–H and O–H groups in total. The van der Waals surface area contributed by atoms with Gasteiger partial charge in [0.2, 0.25) is 5.91 Å². The lowest BCUT2D eigenvalue weighted by atomic mass is 10.4. The second-order valence-electron chi connectivity index (χ2n) is 3.56. The van der Waals surface area contributed by atoms with Crippen molar-refractivity contribution in [3.8, 4) is 0 Å². The van der Waals surface area contributed by atoms with E-state index in [-0.39, 0.29) is 5.91 Å². The Morgan fingerprint density at radius 2 is 2.35 bits per heavy atom. The van der Waals surface area contributed by atoms with Crippen LogP contribution in [0.1, 0.15) is 12.2 Å². The van der Waals surface area contributed by atoms with Gasteiger partial charge in [-0.15, -0.1) is 10.2 Å². The van der Waals surface area contributed by atoms with E-state index in [2.05, 4.69) is 15.5 Å². The highest BCUT2D eigenvalue weighted by atomic mass is 32.2. The summed E-state index contributed by atoms with van der Waals surface area (Å²) in [5, 5.41) is 10.9. The summed E-state index contributed by atoms with van der Waals surface area (Å²) in [5.74, 6) is 1.64. The number of carbonyl (C=O) groups is 1. The highest BCUT2D eigenvalue weighted by Gasteiger charge is 2.06. The Morgan fingerprint density at radius 1 is 1.47 bits per heavy atom. The molecule has 0 saturated heterocycles. The van der Waals surface area contributed by atoms with Gasteiger partial charge in [0.05, 0.1) is 6.54 Å². The standard InChI is InChI=1S/C11H14N4OS/c1-17-7-5-11(16)12-8-10-14-13-9-4-2-3-6-15(9)10/h2-4,6H,5,7-8H2,1H3,(H,12,16). The number of rotatable bonds is 5. The van der Waals surface area contributed by atoms with Gasteiger partial charge in [-0.3, -0.25) is 9.20 Å². The Labute approximate surface area is 104 Å². The monoisotopic (exact) mass is 250 g/mol. The maximum atomic E-state index is 11.5. The molecule has 0 saturated carbocycles. The first-order valence-electron chi connectivity index (χ1n) is 5.35. The van der Waals surface area contributed by atoms with Crippen LogP contribution in [0.5, 0.6) is 0 Å². The molecule has 0 radical (unpaired) electrons. The zero-order chi connectivity index (χ0) is 12.1. The molecule has 0 aliphatic carbocycles. The van der Waals surface area contributed by atoms with E-state index in [1.807, 2.05) is 35.1 Å². The second kappa shape index (κ2) is 5.67. The first kappa shape index (κ1) is 11.9.